The molecule has 6 atom stereocenters. The van der Waals surface area contributed by atoms with Crippen LogP contribution in [0.1, 0.15) is 43.7 Å². The van der Waals surface area contributed by atoms with Gasteiger partial charge in [-0.15, -0.1) is 0 Å². The minimum atomic E-state index is -1.42. The Morgan fingerprint density at radius 3 is 2.35 bits per heavy atom. The van der Waals surface area contributed by atoms with Crippen molar-refractivity contribution < 1.29 is 33.4 Å². The normalized spacial score (nSPS) is 28.6. The number of phenolic OH excluding ortho intramolecular Hbond substituents is 1. The number of phenols is 1. The van der Waals surface area contributed by atoms with Gasteiger partial charge in [-0.25, -0.2) is 9.29 Å². The Hall–Kier alpha value is -4.50. The Morgan fingerprint density at radius 2 is 1.67 bits per heavy atom. The Kier molecular flexibility index (Phi) is 7.08. The number of methoxy groups -OCH3 is 1. The fourth-order valence-electron chi connectivity index (χ4n) is 8.33. The summed E-state index contributed by atoms with van der Waals surface area (Å²) in [4.78, 5) is 59.3. The molecule has 3 aromatic rings. The molecule has 3 fully saturated rings. The van der Waals surface area contributed by atoms with E-state index in [1.165, 1.54) is 30.2 Å². The van der Waals surface area contributed by atoms with Crippen molar-refractivity contribution in [1.82, 2.24) is 0 Å². The lowest BCUT2D eigenvalue weighted by molar-refractivity contribution is -0.131. The number of ether oxygens (including phenoxy) is 1. The monoisotopic (exact) mass is 642 g/mol. The molecule has 3 aromatic carbocycles. The molecular weight excluding hydrogens is 611 g/mol. The van der Waals surface area contributed by atoms with Crippen molar-refractivity contribution in [3.05, 3.63) is 94.3 Å². The molecule has 0 aromatic heterocycles. The molecule has 2 heterocycles. The molecule has 0 bridgehead atoms. The maximum absolute atomic E-state index is 14.6. The molecule has 6 unspecified atom stereocenters. The third-order valence-electron chi connectivity index (χ3n) is 10.6. The second kappa shape index (κ2) is 10.8. The van der Waals surface area contributed by atoms with Gasteiger partial charge in [0.2, 0.25) is 23.6 Å². The summed E-state index contributed by atoms with van der Waals surface area (Å²) in [5.41, 5.74) is 1.32. The lowest BCUT2D eigenvalue weighted by atomic mass is 9.51. The van der Waals surface area contributed by atoms with Crippen LogP contribution < -0.4 is 14.5 Å². The fraction of sp³-hybridized carbons (Fsp3) is 0.333. The average molecular weight is 643 g/mol. The molecule has 4 aliphatic rings. The number of anilines is 2. The third-order valence-corrected chi connectivity index (χ3v) is 10.9. The van der Waals surface area contributed by atoms with E-state index in [1.807, 2.05) is 25.1 Å². The number of nitrogens with zero attached hydrogens (tertiary/aromatic N) is 2. The molecule has 1 saturated carbocycles. The molecule has 10 heteroatoms. The predicted octanol–water partition coefficient (Wildman–Crippen LogP) is 6.19. The van der Waals surface area contributed by atoms with Crippen LogP contribution in [0.25, 0.3) is 0 Å². The van der Waals surface area contributed by atoms with Gasteiger partial charge >= 0.3 is 0 Å². The van der Waals surface area contributed by atoms with Crippen LogP contribution in [-0.2, 0) is 25.6 Å². The number of hydrogen-bond acceptors (Lipinski definition) is 6. The first kappa shape index (κ1) is 30.2. The molecule has 0 radical (unpaired) electrons. The minimum Gasteiger partial charge on any atom is -0.508 e. The number of carbonyl (C=O) groups is 4. The van der Waals surface area contributed by atoms with Crippen molar-refractivity contribution in [1.29, 1.82) is 0 Å². The number of benzene rings is 3. The number of allylic oxidation sites excluding steroid dienone is 2. The van der Waals surface area contributed by atoms with E-state index in [0.29, 0.717) is 22.6 Å². The molecule has 2 aliphatic carbocycles. The summed E-state index contributed by atoms with van der Waals surface area (Å²) in [6, 6.07) is 15.8. The maximum atomic E-state index is 14.6. The van der Waals surface area contributed by atoms with Crippen molar-refractivity contribution in [3.63, 3.8) is 0 Å². The number of carbonyl (C=O) groups excluding carboxylic acids is 4. The summed E-state index contributed by atoms with van der Waals surface area (Å²) < 4.78 is 19.8. The van der Waals surface area contributed by atoms with E-state index in [9.17, 15) is 28.7 Å². The quantitative estimate of drug-likeness (QED) is 0.263. The van der Waals surface area contributed by atoms with Gasteiger partial charge in [0, 0.05) is 11.5 Å². The number of halogens is 2. The Labute approximate surface area is 270 Å². The Bertz CT molecular complexity index is 1860. The molecular formula is C36H32ClFN2O6. The number of aryl methyl sites for hydroxylation is 1. The zero-order chi connectivity index (χ0) is 32.7. The number of rotatable bonds is 5. The van der Waals surface area contributed by atoms with Crippen LogP contribution in [0.3, 0.4) is 0 Å². The highest BCUT2D eigenvalue weighted by molar-refractivity contribution is 6.32. The van der Waals surface area contributed by atoms with Gasteiger partial charge < -0.3 is 9.84 Å². The van der Waals surface area contributed by atoms with Gasteiger partial charge in [0.15, 0.2) is 0 Å². The van der Waals surface area contributed by atoms with E-state index >= 15 is 0 Å². The van der Waals surface area contributed by atoms with Gasteiger partial charge in [-0.1, -0.05) is 48.4 Å². The number of amides is 4. The molecule has 2 saturated heterocycles. The van der Waals surface area contributed by atoms with Gasteiger partial charge in [-0.3, -0.25) is 24.1 Å². The minimum absolute atomic E-state index is 0.122. The summed E-state index contributed by atoms with van der Waals surface area (Å²) in [5, 5.41) is 11.1. The van der Waals surface area contributed by atoms with Gasteiger partial charge in [-0.05, 0) is 80.1 Å². The molecule has 8 nitrogen and oxygen atoms in total. The summed E-state index contributed by atoms with van der Waals surface area (Å²) in [5.74, 6) is -5.95. The van der Waals surface area contributed by atoms with Crippen LogP contribution in [-0.4, -0.2) is 35.8 Å². The Balaban J connectivity index is 1.38. The smallest absolute Gasteiger partial charge is 0.241 e. The molecule has 7 rings (SSSR count). The van der Waals surface area contributed by atoms with Crippen LogP contribution in [0, 0.1) is 34.9 Å². The molecule has 1 N–H and O–H groups in total. The lowest BCUT2D eigenvalue weighted by Gasteiger charge is -2.49. The summed E-state index contributed by atoms with van der Waals surface area (Å²) in [7, 11) is 1.46. The van der Waals surface area contributed by atoms with Crippen molar-refractivity contribution in [3.8, 4) is 11.5 Å². The average Bonchev–Trinajstić information content (AvgIpc) is 3.42. The summed E-state index contributed by atoms with van der Waals surface area (Å²) >= 11 is 6.07. The number of fused-ring (bicyclic) bond motifs is 4. The topological polar surface area (TPSA) is 104 Å². The van der Waals surface area contributed by atoms with E-state index in [-0.39, 0.29) is 41.1 Å². The van der Waals surface area contributed by atoms with Crippen molar-refractivity contribution in [2.75, 3.05) is 16.9 Å². The van der Waals surface area contributed by atoms with Crippen LogP contribution in [0.15, 0.2) is 72.3 Å². The van der Waals surface area contributed by atoms with Crippen LogP contribution in [0.4, 0.5) is 15.8 Å². The maximum Gasteiger partial charge on any atom is 0.241 e. The van der Waals surface area contributed by atoms with Gasteiger partial charge in [0.25, 0.3) is 0 Å². The highest BCUT2D eigenvalue weighted by atomic mass is 35.5. The number of hydrogen-bond donors (Lipinski definition) is 1. The van der Waals surface area contributed by atoms with Gasteiger partial charge in [0.1, 0.15) is 17.3 Å². The largest absolute Gasteiger partial charge is 0.508 e. The highest BCUT2D eigenvalue weighted by Crippen LogP contribution is 2.65. The highest BCUT2D eigenvalue weighted by Gasteiger charge is 2.68. The second-order valence-corrected chi connectivity index (χ2v) is 13.1. The first-order valence-electron chi connectivity index (χ1n) is 15.4. The fourth-order valence-corrected chi connectivity index (χ4v) is 8.50. The SMILES string of the molecule is CCc1ccc(N2C(=O)C3CC=C4C(CC5C(=O)N(c6ccc(F)c(Cl)c6)C(=O)C5(C)C4c4c(O)cccc4OC)C3C2=O)cc1. The van der Waals surface area contributed by atoms with E-state index in [4.69, 9.17) is 16.3 Å². The standard InChI is InChI=1S/C36H32ClFN2O6/c1-4-18-8-10-19(11-9-18)39-32(42)22-14-13-21-23(29(22)34(39)44)17-24-33(43)40(20-12-15-26(38)25(37)16-20)35(45)36(24,2)31(21)30-27(41)6-5-7-28(30)46-3/h5-13,15-16,22-24,29,31,41H,4,14,17H2,1-3H3. The van der Waals surface area contributed by atoms with Crippen LogP contribution in [0.2, 0.25) is 5.02 Å². The first-order chi connectivity index (χ1) is 22.0. The van der Waals surface area contributed by atoms with Crippen molar-refractivity contribution in [2.24, 2.45) is 29.1 Å². The van der Waals surface area contributed by atoms with E-state index in [0.717, 1.165) is 23.0 Å². The second-order valence-electron chi connectivity index (χ2n) is 12.7. The molecule has 4 amide bonds. The van der Waals surface area contributed by atoms with Crippen LogP contribution in [0.5, 0.6) is 11.5 Å². The molecule has 2 aliphatic heterocycles. The summed E-state index contributed by atoms with van der Waals surface area (Å²) in [6.07, 6.45) is 3.12. The van der Waals surface area contributed by atoms with E-state index < -0.39 is 52.6 Å². The molecule has 236 valence electrons. The van der Waals surface area contributed by atoms with Gasteiger partial charge in [0.05, 0.1) is 46.7 Å². The van der Waals surface area contributed by atoms with Crippen molar-refractivity contribution >= 4 is 46.6 Å². The predicted molar refractivity (Wildman–Crippen MR) is 169 cm³/mol. The first-order valence-corrected chi connectivity index (χ1v) is 15.8. The third kappa shape index (κ3) is 4.10. The number of imide groups is 2. The Morgan fingerprint density at radius 1 is 0.957 bits per heavy atom. The van der Waals surface area contributed by atoms with Crippen LogP contribution >= 0.6 is 11.6 Å². The zero-order valence-corrected chi connectivity index (χ0v) is 26.3. The zero-order valence-electron chi connectivity index (χ0n) is 25.5. The van der Waals surface area contributed by atoms with Gasteiger partial charge in [-0.2, -0.15) is 0 Å². The number of aromatic hydroxyl groups is 1. The van der Waals surface area contributed by atoms with Crippen molar-refractivity contribution in [2.45, 2.75) is 39.0 Å². The molecule has 46 heavy (non-hydrogen) atoms. The van der Waals surface area contributed by atoms with E-state index in [2.05, 4.69) is 0 Å². The molecule has 0 spiro atoms. The van der Waals surface area contributed by atoms with E-state index in [1.54, 1.807) is 31.2 Å². The lowest BCUT2D eigenvalue weighted by Crippen LogP contribution is -2.49. The summed E-state index contributed by atoms with van der Waals surface area (Å²) in [6.45, 7) is 3.72.